The lowest BCUT2D eigenvalue weighted by atomic mass is 10.1. The van der Waals surface area contributed by atoms with Crippen LogP contribution in [0.15, 0.2) is 18.3 Å². The topological polar surface area (TPSA) is 103 Å². The number of amides is 1. The molecule has 1 unspecified atom stereocenters. The fourth-order valence-corrected chi connectivity index (χ4v) is 1.42. The molecule has 1 amide bonds. The second-order valence-electron chi connectivity index (χ2n) is 4.18. The van der Waals surface area contributed by atoms with Crippen LogP contribution in [0.4, 0.5) is 0 Å². The molecule has 6 nitrogen and oxygen atoms in total. The number of nitrogens with zero attached hydrogens (tertiary/aromatic N) is 2. The van der Waals surface area contributed by atoms with Gasteiger partial charge in [-0.05, 0) is 25.0 Å². The van der Waals surface area contributed by atoms with Crippen LogP contribution in [0.1, 0.15) is 35.8 Å². The van der Waals surface area contributed by atoms with Gasteiger partial charge in [0.25, 0.3) is 5.91 Å². The molecule has 0 aliphatic rings. The lowest BCUT2D eigenvalue weighted by Crippen LogP contribution is -2.26. The Labute approximate surface area is 111 Å². The fourth-order valence-electron chi connectivity index (χ4n) is 1.42. The van der Waals surface area contributed by atoms with Crippen molar-refractivity contribution in [2.45, 2.75) is 19.8 Å². The zero-order valence-electron chi connectivity index (χ0n) is 10.6. The van der Waals surface area contributed by atoms with Crippen LogP contribution in [0, 0.1) is 17.2 Å². The number of aliphatic carboxylic acids is 1. The standard InChI is InChI=1S/C13H15N3O3/c1-9(13(18)19)3-2-6-15-12(17)11-5-4-10(7-14)8-16-11/h4-5,8-9H,2-3,6H2,1H3,(H,15,17)(H,18,19). The van der Waals surface area contributed by atoms with Crippen LogP contribution >= 0.6 is 0 Å². The quantitative estimate of drug-likeness (QED) is 0.748. The second kappa shape index (κ2) is 7.11. The Kier molecular flexibility index (Phi) is 5.48. The van der Waals surface area contributed by atoms with E-state index in [9.17, 15) is 9.59 Å². The largest absolute Gasteiger partial charge is 0.481 e. The average Bonchev–Trinajstić information content (AvgIpc) is 2.43. The van der Waals surface area contributed by atoms with E-state index in [0.29, 0.717) is 24.9 Å². The molecule has 1 atom stereocenters. The van der Waals surface area contributed by atoms with E-state index in [4.69, 9.17) is 10.4 Å². The third-order valence-corrected chi connectivity index (χ3v) is 2.65. The summed E-state index contributed by atoms with van der Waals surface area (Å²) in [5, 5.41) is 19.9. The van der Waals surface area contributed by atoms with Crippen molar-refractivity contribution in [2.24, 2.45) is 5.92 Å². The molecule has 0 aromatic carbocycles. The maximum absolute atomic E-state index is 11.7. The third kappa shape index (κ3) is 4.76. The van der Waals surface area contributed by atoms with E-state index in [1.807, 2.05) is 6.07 Å². The molecule has 0 fully saturated rings. The molecule has 2 N–H and O–H groups in total. The van der Waals surface area contributed by atoms with Crippen LogP contribution in [-0.4, -0.2) is 28.5 Å². The Morgan fingerprint density at radius 3 is 2.79 bits per heavy atom. The monoisotopic (exact) mass is 261 g/mol. The minimum Gasteiger partial charge on any atom is -0.481 e. The maximum Gasteiger partial charge on any atom is 0.306 e. The van der Waals surface area contributed by atoms with Crippen molar-refractivity contribution in [3.8, 4) is 6.07 Å². The second-order valence-corrected chi connectivity index (χ2v) is 4.18. The van der Waals surface area contributed by atoms with Gasteiger partial charge in [-0.3, -0.25) is 9.59 Å². The smallest absolute Gasteiger partial charge is 0.306 e. The van der Waals surface area contributed by atoms with Gasteiger partial charge in [-0.15, -0.1) is 0 Å². The van der Waals surface area contributed by atoms with Crippen LogP contribution in [0.2, 0.25) is 0 Å². The summed E-state index contributed by atoms with van der Waals surface area (Å²) in [6, 6.07) is 4.92. The summed E-state index contributed by atoms with van der Waals surface area (Å²) in [4.78, 5) is 26.1. The number of pyridine rings is 1. The Bertz CT molecular complexity index is 491. The Morgan fingerprint density at radius 1 is 1.53 bits per heavy atom. The summed E-state index contributed by atoms with van der Waals surface area (Å²) in [5.74, 6) is -1.57. The van der Waals surface area contributed by atoms with Gasteiger partial charge in [-0.25, -0.2) is 4.98 Å². The van der Waals surface area contributed by atoms with Gasteiger partial charge in [-0.1, -0.05) is 6.92 Å². The molecule has 0 saturated heterocycles. The van der Waals surface area contributed by atoms with Gasteiger partial charge >= 0.3 is 5.97 Å². The number of nitriles is 1. The molecule has 1 heterocycles. The number of nitrogens with one attached hydrogen (secondary N) is 1. The molecule has 0 bridgehead atoms. The van der Waals surface area contributed by atoms with Crippen LogP contribution in [0.5, 0.6) is 0 Å². The Hall–Kier alpha value is -2.42. The van der Waals surface area contributed by atoms with Crippen molar-refractivity contribution in [1.82, 2.24) is 10.3 Å². The molecule has 0 spiro atoms. The molecule has 1 aromatic heterocycles. The van der Waals surface area contributed by atoms with E-state index >= 15 is 0 Å². The summed E-state index contributed by atoms with van der Waals surface area (Å²) in [7, 11) is 0. The lowest BCUT2D eigenvalue weighted by Gasteiger charge is -2.07. The van der Waals surface area contributed by atoms with E-state index < -0.39 is 11.9 Å². The van der Waals surface area contributed by atoms with Gasteiger partial charge in [-0.2, -0.15) is 5.26 Å². The van der Waals surface area contributed by atoms with Crippen LogP contribution in [0.3, 0.4) is 0 Å². The minimum atomic E-state index is -0.833. The normalized spacial score (nSPS) is 11.4. The highest BCUT2D eigenvalue weighted by molar-refractivity contribution is 5.92. The fraction of sp³-hybridized carbons (Fsp3) is 0.385. The van der Waals surface area contributed by atoms with Gasteiger partial charge in [0, 0.05) is 12.7 Å². The Morgan fingerprint density at radius 2 is 2.26 bits per heavy atom. The number of hydrogen-bond donors (Lipinski definition) is 2. The van der Waals surface area contributed by atoms with Gasteiger partial charge in [0.15, 0.2) is 0 Å². The average molecular weight is 261 g/mol. The molecule has 6 heteroatoms. The third-order valence-electron chi connectivity index (χ3n) is 2.65. The number of rotatable bonds is 6. The summed E-state index contributed by atoms with van der Waals surface area (Å²) in [6.45, 7) is 2.03. The first-order chi connectivity index (χ1) is 9.04. The number of aromatic nitrogens is 1. The van der Waals surface area contributed by atoms with Gasteiger partial charge in [0.1, 0.15) is 11.8 Å². The summed E-state index contributed by atoms with van der Waals surface area (Å²) in [6.07, 6.45) is 2.44. The minimum absolute atomic E-state index is 0.241. The van der Waals surface area contributed by atoms with E-state index in [2.05, 4.69) is 10.3 Å². The highest BCUT2D eigenvalue weighted by Crippen LogP contribution is 2.04. The van der Waals surface area contributed by atoms with Crippen molar-refractivity contribution < 1.29 is 14.7 Å². The molecular formula is C13H15N3O3. The SMILES string of the molecule is CC(CCCNC(=O)c1ccc(C#N)cn1)C(=O)O. The summed E-state index contributed by atoms with van der Waals surface area (Å²) in [5.41, 5.74) is 0.636. The highest BCUT2D eigenvalue weighted by atomic mass is 16.4. The molecule has 19 heavy (non-hydrogen) atoms. The maximum atomic E-state index is 11.7. The first-order valence-corrected chi connectivity index (χ1v) is 5.91. The lowest BCUT2D eigenvalue weighted by molar-refractivity contribution is -0.141. The molecule has 0 saturated carbocycles. The van der Waals surface area contributed by atoms with Crippen molar-refractivity contribution in [3.05, 3.63) is 29.6 Å². The van der Waals surface area contributed by atoms with Crippen molar-refractivity contribution >= 4 is 11.9 Å². The van der Waals surface area contributed by atoms with Crippen molar-refractivity contribution in [3.63, 3.8) is 0 Å². The van der Waals surface area contributed by atoms with Crippen molar-refractivity contribution in [1.29, 1.82) is 5.26 Å². The van der Waals surface area contributed by atoms with Crippen LogP contribution in [-0.2, 0) is 4.79 Å². The van der Waals surface area contributed by atoms with Crippen LogP contribution in [0.25, 0.3) is 0 Å². The molecule has 1 aromatic rings. The zero-order chi connectivity index (χ0) is 14.3. The molecule has 0 aliphatic carbocycles. The number of hydrogen-bond acceptors (Lipinski definition) is 4. The van der Waals surface area contributed by atoms with E-state index in [-0.39, 0.29) is 11.6 Å². The number of carbonyl (C=O) groups excluding carboxylic acids is 1. The number of carboxylic acids is 1. The van der Waals surface area contributed by atoms with Crippen molar-refractivity contribution in [2.75, 3.05) is 6.54 Å². The molecular weight excluding hydrogens is 246 g/mol. The number of carbonyl (C=O) groups is 2. The van der Waals surface area contributed by atoms with Gasteiger partial charge < -0.3 is 10.4 Å². The summed E-state index contributed by atoms with van der Waals surface area (Å²) >= 11 is 0. The molecule has 100 valence electrons. The number of carboxylic acid groups (broad SMARTS) is 1. The van der Waals surface area contributed by atoms with Gasteiger partial charge in [0.05, 0.1) is 11.5 Å². The summed E-state index contributed by atoms with van der Waals surface area (Å²) < 4.78 is 0. The van der Waals surface area contributed by atoms with Crippen LogP contribution < -0.4 is 5.32 Å². The first kappa shape index (κ1) is 14.6. The highest BCUT2D eigenvalue weighted by Gasteiger charge is 2.11. The van der Waals surface area contributed by atoms with E-state index in [1.165, 1.54) is 18.3 Å². The Balaban J connectivity index is 2.35. The van der Waals surface area contributed by atoms with E-state index in [1.54, 1.807) is 6.92 Å². The first-order valence-electron chi connectivity index (χ1n) is 5.91. The molecule has 1 rings (SSSR count). The predicted octanol–water partition coefficient (Wildman–Crippen LogP) is 1.18. The predicted molar refractivity (Wildman–Crippen MR) is 67.3 cm³/mol. The molecule has 0 radical (unpaired) electrons. The molecule has 0 aliphatic heterocycles. The zero-order valence-corrected chi connectivity index (χ0v) is 10.6. The van der Waals surface area contributed by atoms with Gasteiger partial charge in [0.2, 0.25) is 0 Å². The van der Waals surface area contributed by atoms with E-state index in [0.717, 1.165) is 0 Å².